The van der Waals surface area contributed by atoms with Gasteiger partial charge in [-0.15, -0.1) is 0 Å². The molecule has 1 heterocycles. The summed E-state index contributed by atoms with van der Waals surface area (Å²) >= 11 is 0. The second-order valence-corrected chi connectivity index (χ2v) is 2.79. The summed E-state index contributed by atoms with van der Waals surface area (Å²) < 4.78 is 0. The molecule has 1 unspecified atom stereocenters. The van der Waals surface area contributed by atoms with E-state index in [2.05, 4.69) is 15.5 Å². The smallest absolute Gasteiger partial charge is 0.289 e. The van der Waals surface area contributed by atoms with Gasteiger partial charge in [0.1, 0.15) is 5.69 Å². The van der Waals surface area contributed by atoms with E-state index in [1.807, 2.05) is 0 Å². The number of nitrogens with two attached hydrogens (primary N) is 1. The van der Waals surface area contributed by atoms with E-state index in [-0.39, 0.29) is 11.9 Å². The Morgan fingerprint density at radius 1 is 1.71 bits per heavy atom. The largest absolute Gasteiger partial charge is 0.323 e. The predicted molar refractivity (Wildman–Crippen MR) is 53.8 cm³/mol. The van der Waals surface area contributed by atoms with E-state index >= 15 is 0 Å². The molecule has 1 rings (SSSR count). The molecule has 1 amide bonds. The van der Waals surface area contributed by atoms with Crippen LogP contribution in [0.3, 0.4) is 0 Å². The molecule has 0 fully saturated rings. The molecule has 1 aromatic rings. The number of hydrogen-bond donors (Lipinski definition) is 2. The number of amides is 1. The highest BCUT2D eigenvalue weighted by Crippen LogP contribution is 1.91. The molecule has 5 nitrogen and oxygen atoms in total. The topological polar surface area (TPSA) is 80.4 Å². The van der Waals surface area contributed by atoms with E-state index in [4.69, 9.17) is 5.73 Å². The van der Waals surface area contributed by atoms with Crippen molar-refractivity contribution in [2.75, 3.05) is 0 Å². The van der Waals surface area contributed by atoms with Gasteiger partial charge in [0.25, 0.3) is 5.91 Å². The molecular weight excluding hydrogens is 180 g/mol. The summed E-state index contributed by atoms with van der Waals surface area (Å²) in [6.45, 7) is 1.76. The van der Waals surface area contributed by atoms with Crippen molar-refractivity contribution in [3.05, 3.63) is 30.1 Å². The molecule has 0 spiro atoms. The summed E-state index contributed by atoms with van der Waals surface area (Å²) in [6, 6.07) is 4.90. The minimum Gasteiger partial charge on any atom is -0.323 e. The Morgan fingerprint density at radius 2 is 2.50 bits per heavy atom. The molecule has 0 aromatic carbocycles. The van der Waals surface area contributed by atoms with Gasteiger partial charge in [-0.3, -0.25) is 9.78 Å². The average Bonchev–Trinajstić information content (AvgIpc) is 2.18. The Bertz CT molecular complexity index is 321. The van der Waals surface area contributed by atoms with E-state index in [0.29, 0.717) is 5.69 Å². The van der Waals surface area contributed by atoms with Crippen LogP contribution in [-0.4, -0.2) is 23.1 Å². The van der Waals surface area contributed by atoms with Gasteiger partial charge in [0.15, 0.2) is 0 Å². The van der Waals surface area contributed by atoms with Crippen molar-refractivity contribution in [2.45, 2.75) is 13.0 Å². The monoisotopic (exact) mass is 192 g/mol. The molecule has 0 aliphatic heterocycles. The lowest BCUT2D eigenvalue weighted by Crippen LogP contribution is -2.22. The zero-order valence-corrected chi connectivity index (χ0v) is 7.84. The summed E-state index contributed by atoms with van der Waals surface area (Å²) in [4.78, 5) is 15.2. The first-order valence-electron chi connectivity index (χ1n) is 4.20. The Kier molecular flexibility index (Phi) is 3.75. The number of hydrazone groups is 1. The van der Waals surface area contributed by atoms with Gasteiger partial charge in [0.05, 0.1) is 0 Å². The van der Waals surface area contributed by atoms with E-state index in [9.17, 15) is 4.79 Å². The molecule has 74 valence electrons. The van der Waals surface area contributed by atoms with Gasteiger partial charge < -0.3 is 5.73 Å². The Labute approximate surface area is 82.0 Å². The van der Waals surface area contributed by atoms with Crippen LogP contribution < -0.4 is 11.2 Å². The van der Waals surface area contributed by atoms with Crippen molar-refractivity contribution in [3.63, 3.8) is 0 Å². The van der Waals surface area contributed by atoms with Gasteiger partial charge in [-0.2, -0.15) is 5.10 Å². The number of pyridine rings is 1. The second kappa shape index (κ2) is 5.08. The zero-order chi connectivity index (χ0) is 10.4. The number of hydrogen-bond acceptors (Lipinski definition) is 4. The van der Waals surface area contributed by atoms with Crippen molar-refractivity contribution in [1.29, 1.82) is 0 Å². The molecule has 0 bridgehead atoms. The number of carbonyl (C=O) groups is 1. The summed E-state index contributed by atoms with van der Waals surface area (Å²) in [7, 11) is 0. The first-order chi connectivity index (χ1) is 6.70. The van der Waals surface area contributed by atoms with Crippen molar-refractivity contribution >= 4 is 12.1 Å². The van der Waals surface area contributed by atoms with Gasteiger partial charge in [-0.1, -0.05) is 6.07 Å². The molecule has 1 atom stereocenters. The van der Waals surface area contributed by atoms with Crippen molar-refractivity contribution in [3.8, 4) is 0 Å². The minimum absolute atomic E-state index is 0.181. The number of carbonyl (C=O) groups excluding carboxylic acids is 1. The summed E-state index contributed by atoms with van der Waals surface area (Å²) in [6.07, 6.45) is 2.99. The third-order valence-corrected chi connectivity index (χ3v) is 1.37. The van der Waals surface area contributed by atoms with E-state index in [0.717, 1.165) is 0 Å². The standard InChI is InChI=1S/C9H12N4O/c1-7(10)6-12-13-9(14)8-4-2-3-5-11-8/h2-7H,10H2,1H3,(H,13,14). The molecule has 0 aliphatic rings. The van der Waals surface area contributed by atoms with E-state index in [1.165, 1.54) is 6.21 Å². The molecule has 3 N–H and O–H groups in total. The maximum absolute atomic E-state index is 11.3. The number of nitrogens with one attached hydrogen (secondary N) is 1. The zero-order valence-electron chi connectivity index (χ0n) is 7.84. The van der Waals surface area contributed by atoms with Gasteiger partial charge in [-0.25, -0.2) is 5.43 Å². The second-order valence-electron chi connectivity index (χ2n) is 2.79. The molecule has 0 saturated heterocycles. The minimum atomic E-state index is -0.345. The van der Waals surface area contributed by atoms with Crippen LogP contribution in [0, 0.1) is 0 Å². The van der Waals surface area contributed by atoms with Crippen molar-refractivity contribution in [2.24, 2.45) is 10.8 Å². The summed E-state index contributed by atoms with van der Waals surface area (Å²) in [5.41, 5.74) is 8.05. The Morgan fingerprint density at radius 3 is 3.07 bits per heavy atom. The molecule has 0 aliphatic carbocycles. The SMILES string of the molecule is CC(N)C=NNC(=O)c1ccccn1. The van der Waals surface area contributed by atoms with Crippen LogP contribution in [0.15, 0.2) is 29.5 Å². The van der Waals surface area contributed by atoms with Crippen molar-refractivity contribution < 1.29 is 4.79 Å². The Balaban J connectivity index is 2.52. The first kappa shape index (κ1) is 10.3. The highest BCUT2D eigenvalue weighted by Gasteiger charge is 2.03. The van der Waals surface area contributed by atoms with Crippen LogP contribution in [0.1, 0.15) is 17.4 Å². The third-order valence-electron chi connectivity index (χ3n) is 1.37. The highest BCUT2D eigenvalue weighted by molar-refractivity contribution is 5.92. The van der Waals surface area contributed by atoms with Crippen LogP contribution in [0.4, 0.5) is 0 Å². The molecular formula is C9H12N4O. The maximum Gasteiger partial charge on any atom is 0.289 e. The molecule has 0 saturated carbocycles. The van der Waals surface area contributed by atoms with Crippen LogP contribution in [0.2, 0.25) is 0 Å². The molecule has 14 heavy (non-hydrogen) atoms. The third kappa shape index (κ3) is 3.32. The summed E-state index contributed by atoms with van der Waals surface area (Å²) in [5, 5.41) is 3.66. The van der Waals surface area contributed by atoms with Gasteiger partial charge >= 0.3 is 0 Å². The molecule has 1 aromatic heterocycles. The Hall–Kier alpha value is -1.75. The highest BCUT2D eigenvalue weighted by atomic mass is 16.2. The quantitative estimate of drug-likeness (QED) is 0.528. The van der Waals surface area contributed by atoms with Crippen LogP contribution in [0.25, 0.3) is 0 Å². The van der Waals surface area contributed by atoms with Crippen LogP contribution in [-0.2, 0) is 0 Å². The first-order valence-corrected chi connectivity index (χ1v) is 4.20. The predicted octanol–water partition coefficient (Wildman–Crippen LogP) is 0.144. The van der Waals surface area contributed by atoms with Crippen LogP contribution in [0.5, 0.6) is 0 Å². The number of rotatable bonds is 3. The number of nitrogens with zero attached hydrogens (tertiary/aromatic N) is 2. The van der Waals surface area contributed by atoms with E-state index in [1.54, 1.807) is 31.3 Å². The average molecular weight is 192 g/mol. The maximum atomic E-state index is 11.3. The fraction of sp³-hybridized carbons (Fsp3) is 0.222. The fourth-order valence-corrected chi connectivity index (χ4v) is 0.768. The molecule has 0 radical (unpaired) electrons. The lowest BCUT2D eigenvalue weighted by atomic mass is 10.3. The van der Waals surface area contributed by atoms with Crippen molar-refractivity contribution in [1.82, 2.24) is 10.4 Å². The number of aromatic nitrogens is 1. The van der Waals surface area contributed by atoms with Gasteiger partial charge in [0, 0.05) is 18.5 Å². The molecule has 5 heteroatoms. The van der Waals surface area contributed by atoms with E-state index < -0.39 is 0 Å². The van der Waals surface area contributed by atoms with Gasteiger partial charge in [0.2, 0.25) is 0 Å². The lowest BCUT2D eigenvalue weighted by Gasteiger charge is -1.98. The lowest BCUT2D eigenvalue weighted by molar-refractivity contribution is 0.0950. The fourth-order valence-electron chi connectivity index (χ4n) is 0.768. The van der Waals surface area contributed by atoms with Gasteiger partial charge in [-0.05, 0) is 19.1 Å². The van der Waals surface area contributed by atoms with Crippen LogP contribution >= 0.6 is 0 Å². The summed E-state index contributed by atoms with van der Waals surface area (Å²) in [5.74, 6) is -0.345. The normalized spacial score (nSPS) is 12.7.